The van der Waals surface area contributed by atoms with Crippen LogP contribution in [0.25, 0.3) is 0 Å². The Labute approximate surface area is 120 Å². The van der Waals surface area contributed by atoms with Gasteiger partial charge in [0.2, 0.25) is 0 Å². The van der Waals surface area contributed by atoms with Crippen molar-refractivity contribution in [2.75, 3.05) is 13.2 Å². The molecule has 1 fully saturated rings. The molecule has 0 spiro atoms. The third kappa shape index (κ3) is 6.79. The van der Waals surface area contributed by atoms with Gasteiger partial charge in [0, 0.05) is 6.61 Å². The van der Waals surface area contributed by atoms with Gasteiger partial charge in [-0.2, -0.15) is 0 Å². The third-order valence-electron chi connectivity index (χ3n) is 3.45. The standard InChI is InChI=1S/C15H27BrO2/c1-4-9-15(2,3)10-5-8-14(16)18-13-7-6-11-17-12-13/h8,13H,4-7,9-12H2,1-3H3. The summed E-state index contributed by atoms with van der Waals surface area (Å²) < 4.78 is 12.1. The Bertz CT molecular complexity index is 255. The van der Waals surface area contributed by atoms with Crippen molar-refractivity contribution < 1.29 is 9.47 Å². The molecule has 3 heteroatoms. The van der Waals surface area contributed by atoms with Gasteiger partial charge in [0.15, 0.2) is 4.67 Å². The van der Waals surface area contributed by atoms with Crippen molar-refractivity contribution >= 4 is 15.9 Å². The van der Waals surface area contributed by atoms with Gasteiger partial charge in [-0.05, 0) is 59.5 Å². The van der Waals surface area contributed by atoms with Crippen LogP contribution in [0.3, 0.4) is 0 Å². The van der Waals surface area contributed by atoms with Gasteiger partial charge in [-0.15, -0.1) is 0 Å². The molecule has 1 aliphatic heterocycles. The largest absolute Gasteiger partial charge is 0.482 e. The Morgan fingerprint density at radius 2 is 2.22 bits per heavy atom. The minimum absolute atomic E-state index is 0.230. The van der Waals surface area contributed by atoms with Crippen LogP contribution in [0.15, 0.2) is 10.7 Å². The molecule has 0 N–H and O–H groups in total. The van der Waals surface area contributed by atoms with Gasteiger partial charge in [-0.1, -0.05) is 27.2 Å². The maximum atomic E-state index is 5.82. The monoisotopic (exact) mass is 318 g/mol. The predicted molar refractivity (Wildman–Crippen MR) is 79.9 cm³/mol. The van der Waals surface area contributed by atoms with E-state index in [1.807, 2.05) is 0 Å². The van der Waals surface area contributed by atoms with Crippen LogP contribution in [0.5, 0.6) is 0 Å². The number of hydrogen-bond acceptors (Lipinski definition) is 2. The highest BCUT2D eigenvalue weighted by atomic mass is 79.9. The SMILES string of the molecule is CCCC(C)(C)CCC=C(Br)OC1CCCOC1. The van der Waals surface area contributed by atoms with Crippen molar-refractivity contribution in [2.45, 2.75) is 65.4 Å². The van der Waals surface area contributed by atoms with Gasteiger partial charge in [-0.25, -0.2) is 0 Å². The van der Waals surface area contributed by atoms with Crippen LogP contribution < -0.4 is 0 Å². The molecule has 0 bridgehead atoms. The fourth-order valence-electron chi connectivity index (χ4n) is 2.39. The van der Waals surface area contributed by atoms with E-state index in [-0.39, 0.29) is 6.10 Å². The molecule has 1 saturated heterocycles. The zero-order valence-electron chi connectivity index (χ0n) is 12.0. The molecule has 2 nitrogen and oxygen atoms in total. The van der Waals surface area contributed by atoms with Crippen molar-refractivity contribution in [1.29, 1.82) is 0 Å². The summed E-state index contributed by atoms with van der Waals surface area (Å²) in [5.74, 6) is 0. The quantitative estimate of drug-likeness (QED) is 0.613. The van der Waals surface area contributed by atoms with Crippen molar-refractivity contribution in [2.24, 2.45) is 5.41 Å². The smallest absolute Gasteiger partial charge is 0.158 e. The van der Waals surface area contributed by atoms with E-state index in [4.69, 9.17) is 9.47 Å². The maximum absolute atomic E-state index is 5.82. The molecule has 1 aliphatic rings. The van der Waals surface area contributed by atoms with Crippen LogP contribution in [-0.4, -0.2) is 19.3 Å². The summed E-state index contributed by atoms with van der Waals surface area (Å²) in [5.41, 5.74) is 0.437. The number of allylic oxidation sites excluding steroid dienone is 1. The molecule has 106 valence electrons. The molecule has 0 aromatic carbocycles. The topological polar surface area (TPSA) is 18.5 Å². The first kappa shape index (κ1) is 16.0. The lowest BCUT2D eigenvalue weighted by Gasteiger charge is -2.24. The molecule has 0 amide bonds. The Morgan fingerprint density at radius 1 is 1.44 bits per heavy atom. The summed E-state index contributed by atoms with van der Waals surface area (Å²) in [6, 6.07) is 0. The first-order chi connectivity index (χ1) is 8.53. The molecule has 1 heterocycles. The molecule has 1 unspecified atom stereocenters. The van der Waals surface area contributed by atoms with Crippen LogP contribution in [0, 0.1) is 5.41 Å². The molecule has 0 saturated carbocycles. The summed E-state index contributed by atoms with van der Waals surface area (Å²) >= 11 is 3.50. The van der Waals surface area contributed by atoms with Gasteiger partial charge in [-0.3, -0.25) is 0 Å². The lowest BCUT2D eigenvalue weighted by atomic mass is 9.83. The van der Waals surface area contributed by atoms with E-state index in [1.54, 1.807) is 0 Å². The highest BCUT2D eigenvalue weighted by Gasteiger charge is 2.17. The van der Waals surface area contributed by atoms with Crippen molar-refractivity contribution in [3.8, 4) is 0 Å². The number of halogens is 1. The van der Waals surface area contributed by atoms with E-state index < -0.39 is 0 Å². The Balaban J connectivity index is 2.24. The lowest BCUT2D eigenvalue weighted by molar-refractivity contribution is -0.0157. The van der Waals surface area contributed by atoms with Gasteiger partial charge in [0.05, 0.1) is 6.61 Å². The molecule has 18 heavy (non-hydrogen) atoms. The normalized spacial score (nSPS) is 22.0. The van der Waals surface area contributed by atoms with E-state index in [0.717, 1.165) is 37.1 Å². The summed E-state index contributed by atoms with van der Waals surface area (Å²) in [6.07, 6.45) is 9.42. The summed E-state index contributed by atoms with van der Waals surface area (Å²) in [5, 5.41) is 0. The molecule has 1 atom stereocenters. The highest BCUT2D eigenvalue weighted by Crippen LogP contribution is 2.29. The third-order valence-corrected chi connectivity index (χ3v) is 3.96. The highest BCUT2D eigenvalue weighted by molar-refractivity contribution is 9.11. The summed E-state index contributed by atoms with van der Waals surface area (Å²) in [4.78, 5) is 0. The van der Waals surface area contributed by atoms with Crippen molar-refractivity contribution in [1.82, 2.24) is 0 Å². The zero-order chi connectivity index (χ0) is 13.4. The molecular formula is C15H27BrO2. The first-order valence-corrected chi connectivity index (χ1v) is 7.93. The fraction of sp³-hybridized carbons (Fsp3) is 0.867. The van der Waals surface area contributed by atoms with Crippen LogP contribution in [-0.2, 0) is 9.47 Å². The zero-order valence-corrected chi connectivity index (χ0v) is 13.6. The molecule has 0 aromatic heterocycles. The molecule has 0 radical (unpaired) electrons. The van der Waals surface area contributed by atoms with Crippen molar-refractivity contribution in [3.63, 3.8) is 0 Å². The second-order valence-electron chi connectivity index (χ2n) is 5.92. The van der Waals surface area contributed by atoms with E-state index in [9.17, 15) is 0 Å². The summed E-state index contributed by atoms with van der Waals surface area (Å²) in [6.45, 7) is 8.54. The van der Waals surface area contributed by atoms with Gasteiger partial charge >= 0.3 is 0 Å². The van der Waals surface area contributed by atoms with Crippen LogP contribution >= 0.6 is 15.9 Å². The second kappa shape index (κ2) is 8.21. The van der Waals surface area contributed by atoms with Gasteiger partial charge in [0.25, 0.3) is 0 Å². The van der Waals surface area contributed by atoms with E-state index in [1.165, 1.54) is 19.3 Å². The van der Waals surface area contributed by atoms with Crippen LogP contribution in [0.2, 0.25) is 0 Å². The molecular weight excluding hydrogens is 292 g/mol. The van der Waals surface area contributed by atoms with Crippen LogP contribution in [0.4, 0.5) is 0 Å². The Hall–Kier alpha value is -0.0200. The van der Waals surface area contributed by atoms with Gasteiger partial charge < -0.3 is 9.47 Å². The minimum atomic E-state index is 0.230. The fourth-order valence-corrected chi connectivity index (χ4v) is 2.88. The molecule has 1 rings (SSSR count). The average molecular weight is 319 g/mol. The second-order valence-corrected chi connectivity index (χ2v) is 6.70. The Kier molecular flexibility index (Phi) is 7.31. The van der Waals surface area contributed by atoms with Crippen LogP contribution in [0.1, 0.15) is 59.3 Å². The van der Waals surface area contributed by atoms with Crippen molar-refractivity contribution in [3.05, 3.63) is 10.7 Å². The average Bonchev–Trinajstić information content (AvgIpc) is 2.29. The van der Waals surface area contributed by atoms with E-state index in [0.29, 0.717) is 5.41 Å². The number of rotatable bonds is 7. The summed E-state index contributed by atoms with van der Waals surface area (Å²) in [7, 11) is 0. The number of hydrogen-bond donors (Lipinski definition) is 0. The molecule has 0 aromatic rings. The predicted octanol–water partition coefficient (Wildman–Crippen LogP) is 5.02. The Morgan fingerprint density at radius 3 is 2.83 bits per heavy atom. The molecule has 0 aliphatic carbocycles. The minimum Gasteiger partial charge on any atom is -0.482 e. The van der Waals surface area contributed by atoms with E-state index >= 15 is 0 Å². The van der Waals surface area contributed by atoms with E-state index in [2.05, 4.69) is 42.8 Å². The first-order valence-electron chi connectivity index (χ1n) is 7.13. The maximum Gasteiger partial charge on any atom is 0.158 e. The van der Waals surface area contributed by atoms with Gasteiger partial charge in [0.1, 0.15) is 6.10 Å². The lowest BCUT2D eigenvalue weighted by Crippen LogP contribution is -2.24. The number of ether oxygens (including phenoxy) is 2.